The van der Waals surface area contributed by atoms with Gasteiger partial charge >= 0.3 is 0 Å². The van der Waals surface area contributed by atoms with Crippen molar-refractivity contribution in [2.24, 2.45) is 0 Å². The van der Waals surface area contributed by atoms with Crippen LogP contribution >= 0.6 is 0 Å². The first-order chi connectivity index (χ1) is 7.97. The third-order valence-corrected chi connectivity index (χ3v) is 5.81. The van der Waals surface area contributed by atoms with E-state index >= 15 is 0 Å². The first kappa shape index (κ1) is 13.3. The van der Waals surface area contributed by atoms with Crippen molar-refractivity contribution in [1.29, 1.82) is 0 Å². The molecule has 0 radical (unpaired) electrons. The van der Waals surface area contributed by atoms with Gasteiger partial charge in [0.05, 0.1) is 11.4 Å². The normalized spacial score (nSPS) is 39.4. The van der Waals surface area contributed by atoms with E-state index in [1.165, 1.54) is 6.26 Å². The van der Waals surface area contributed by atoms with Crippen LogP contribution in [0.15, 0.2) is 0 Å². The van der Waals surface area contributed by atoms with Crippen LogP contribution in [0.3, 0.4) is 0 Å². The second kappa shape index (κ2) is 5.24. The fourth-order valence-electron chi connectivity index (χ4n) is 3.17. The molecule has 2 rings (SSSR count). The summed E-state index contributed by atoms with van der Waals surface area (Å²) in [5.74, 6) is 0. The minimum Gasteiger partial charge on any atom is -0.393 e. The van der Waals surface area contributed by atoms with Gasteiger partial charge in [0.15, 0.2) is 9.84 Å². The zero-order chi connectivity index (χ0) is 12.5. The van der Waals surface area contributed by atoms with E-state index in [1.807, 2.05) is 0 Å². The molecule has 0 aromatic heterocycles. The summed E-state index contributed by atoms with van der Waals surface area (Å²) in [5, 5.41) is 12.8. The van der Waals surface area contributed by atoms with E-state index in [4.69, 9.17) is 0 Å². The topological polar surface area (TPSA) is 66.4 Å². The summed E-state index contributed by atoms with van der Waals surface area (Å²) in [7, 11) is -2.93. The Hall–Kier alpha value is -0.130. The van der Waals surface area contributed by atoms with Gasteiger partial charge in [0.1, 0.15) is 0 Å². The Labute approximate surface area is 104 Å². The van der Waals surface area contributed by atoms with Crippen LogP contribution in [0.25, 0.3) is 0 Å². The van der Waals surface area contributed by atoms with Gasteiger partial charge < -0.3 is 10.4 Å². The Morgan fingerprint density at radius 2 is 1.71 bits per heavy atom. The van der Waals surface area contributed by atoms with E-state index in [9.17, 15) is 13.5 Å². The van der Waals surface area contributed by atoms with Crippen LogP contribution in [0.1, 0.15) is 44.9 Å². The third kappa shape index (κ3) is 3.42. The molecule has 5 heteroatoms. The summed E-state index contributed by atoms with van der Waals surface area (Å²) in [6.45, 7) is 0. The summed E-state index contributed by atoms with van der Waals surface area (Å²) in [6.07, 6.45) is 7.59. The van der Waals surface area contributed by atoms with Gasteiger partial charge in [-0.1, -0.05) is 6.42 Å². The molecule has 0 saturated heterocycles. The molecule has 2 saturated carbocycles. The molecule has 0 aliphatic heterocycles. The standard InChI is InChI=1S/C12H23NO3S/c1-17(15,16)12-4-2-3-11(12)13-9-5-7-10(14)8-6-9/h9-14H,2-8H2,1H3. The Balaban J connectivity index is 1.90. The highest BCUT2D eigenvalue weighted by Crippen LogP contribution is 2.27. The molecular formula is C12H23NO3S. The number of rotatable bonds is 3. The van der Waals surface area contributed by atoms with Crippen LogP contribution in [0.5, 0.6) is 0 Å². The van der Waals surface area contributed by atoms with Gasteiger partial charge in [0, 0.05) is 18.3 Å². The van der Waals surface area contributed by atoms with Gasteiger partial charge in [-0.25, -0.2) is 8.42 Å². The predicted molar refractivity (Wildman–Crippen MR) is 67.7 cm³/mol. The zero-order valence-corrected chi connectivity index (χ0v) is 11.2. The minimum absolute atomic E-state index is 0.130. The summed E-state index contributed by atoms with van der Waals surface area (Å²) in [6, 6.07) is 0.524. The lowest BCUT2D eigenvalue weighted by molar-refractivity contribution is 0.114. The monoisotopic (exact) mass is 261 g/mol. The third-order valence-electron chi connectivity index (χ3n) is 4.15. The van der Waals surface area contributed by atoms with Crippen molar-refractivity contribution < 1.29 is 13.5 Å². The van der Waals surface area contributed by atoms with Crippen LogP contribution in [-0.4, -0.2) is 43.2 Å². The molecule has 2 N–H and O–H groups in total. The van der Waals surface area contributed by atoms with E-state index in [1.54, 1.807) is 0 Å². The highest BCUT2D eigenvalue weighted by molar-refractivity contribution is 7.91. The predicted octanol–water partition coefficient (Wildman–Crippen LogP) is 0.845. The first-order valence-electron chi connectivity index (χ1n) is 6.60. The fraction of sp³-hybridized carbons (Fsp3) is 1.00. The maximum absolute atomic E-state index is 11.7. The second-order valence-corrected chi connectivity index (χ2v) is 7.84. The molecule has 0 aromatic rings. The molecule has 0 heterocycles. The number of aliphatic hydroxyl groups is 1. The average molecular weight is 261 g/mol. The van der Waals surface area contributed by atoms with Crippen molar-refractivity contribution in [3.05, 3.63) is 0 Å². The molecule has 2 atom stereocenters. The van der Waals surface area contributed by atoms with E-state index < -0.39 is 9.84 Å². The highest BCUT2D eigenvalue weighted by atomic mass is 32.2. The number of sulfone groups is 1. The smallest absolute Gasteiger partial charge is 0.151 e. The zero-order valence-electron chi connectivity index (χ0n) is 10.4. The van der Waals surface area contributed by atoms with Crippen molar-refractivity contribution in [2.45, 2.75) is 68.4 Å². The molecular weight excluding hydrogens is 238 g/mol. The first-order valence-corrected chi connectivity index (χ1v) is 8.55. The summed E-state index contributed by atoms with van der Waals surface area (Å²) in [5.41, 5.74) is 0. The van der Waals surface area contributed by atoms with E-state index in [2.05, 4.69) is 5.32 Å². The van der Waals surface area contributed by atoms with Gasteiger partial charge in [-0.05, 0) is 38.5 Å². The minimum atomic E-state index is -2.93. The van der Waals surface area contributed by atoms with Crippen molar-refractivity contribution in [1.82, 2.24) is 5.32 Å². The second-order valence-electron chi connectivity index (χ2n) is 5.58. The molecule has 2 unspecified atom stereocenters. The average Bonchev–Trinajstić information content (AvgIpc) is 2.69. The van der Waals surface area contributed by atoms with Crippen LogP contribution in [0.4, 0.5) is 0 Å². The van der Waals surface area contributed by atoms with Crippen molar-refractivity contribution in [3.63, 3.8) is 0 Å². The maximum atomic E-state index is 11.7. The summed E-state index contributed by atoms with van der Waals surface area (Å²) < 4.78 is 23.3. The van der Waals surface area contributed by atoms with Gasteiger partial charge in [0.2, 0.25) is 0 Å². The van der Waals surface area contributed by atoms with Crippen LogP contribution in [-0.2, 0) is 9.84 Å². The Morgan fingerprint density at radius 1 is 1.06 bits per heavy atom. The molecule has 2 aliphatic rings. The van der Waals surface area contributed by atoms with E-state index in [0.717, 1.165) is 44.9 Å². The lowest BCUT2D eigenvalue weighted by Crippen LogP contribution is -2.46. The number of hydrogen-bond donors (Lipinski definition) is 2. The Bertz CT molecular complexity index is 347. The van der Waals surface area contributed by atoms with E-state index in [0.29, 0.717) is 6.04 Å². The molecule has 0 spiro atoms. The van der Waals surface area contributed by atoms with Crippen molar-refractivity contribution in [3.8, 4) is 0 Å². The number of aliphatic hydroxyl groups excluding tert-OH is 1. The Morgan fingerprint density at radius 3 is 2.29 bits per heavy atom. The number of hydrogen-bond acceptors (Lipinski definition) is 4. The van der Waals surface area contributed by atoms with Crippen LogP contribution in [0.2, 0.25) is 0 Å². The summed E-state index contributed by atoms with van der Waals surface area (Å²) in [4.78, 5) is 0. The van der Waals surface area contributed by atoms with Crippen molar-refractivity contribution >= 4 is 9.84 Å². The quantitative estimate of drug-likeness (QED) is 0.790. The molecule has 0 amide bonds. The van der Waals surface area contributed by atoms with E-state index in [-0.39, 0.29) is 17.4 Å². The molecule has 100 valence electrons. The van der Waals surface area contributed by atoms with Crippen LogP contribution < -0.4 is 5.32 Å². The molecule has 17 heavy (non-hydrogen) atoms. The molecule has 4 nitrogen and oxygen atoms in total. The SMILES string of the molecule is CS(=O)(=O)C1CCCC1NC1CCC(O)CC1. The molecule has 0 bridgehead atoms. The molecule has 2 aliphatic carbocycles. The largest absolute Gasteiger partial charge is 0.393 e. The van der Waals surface area contributed by atoms with Crippen LogP contribution in [0, 0.1) is 0 Å². The number of nitrogens with one attached hydrogen (secondary N) is 1. The molecule has 2 fully saturated rings. The molecule has 0 aromatic carbocycles. The van der Waals surface area contributed by atoms with Gasteiger partial charge in [-0.2, -0.15) is 0 Å². The maximum Gasteiger partial charge on any atom is 0.151 e. The van der Waals surface area contributed by atoms with Gasteiger partial charge in [-0.3, -0.25) is 0 Å². The lowest BCUT2D eigenvalue weighted by Gasteiger charge is -2.30. The Kier molecular flexibility index (Phi) is 4.10. The highest BCUT2D eigenvalue weighted by Gasteiger charge is 2.36. The fourth-order valence-corrected chi connectivity index (χ4v) is 4.58. The van der Waals surface area contributed by atoms with Gasteiger partial charge in [-0.15, -0.1) is 0 Å². The van der Waals surface area contributed by atoms with Gasteiger partial charge in [0.25, 0.3) is 0 Å². The van der Waals surface area contributed by atoms with Crippen molar-refractivity contribution in [2.75, 3.05) is 6.26 Å². The summed E-state index contributed by atoms with van der Waals surface area (Å²) >= 11 is 0. The lowest BCUT2D eigenvalue weighted by atomic mass is 9.92.